The van der Waals surface area contributed by atoms with Crippen LogP contribution in [0.15, 0.2) is 57.7 Å². The molecule has 5 heteroatoms. The normalized spacial score (nSPS) is 17.6. The predicted octanol–water partition coefficient (Wildman–Crippen LogP) is 4.53. The largest absolute Gasteiger partial charge is 0.497 e. The van der Waals surface area contributed by atoms with Gasteiger partial charge in [-0.05, 0) is 62.1 Å². The Morgan fingerprint density at radius 3 is 2.83 bits per heavy atom. The summed E-state index contributed by atoms with van der Waals surface area (Å²) < 4.78 is 23.0. The fourth-order valence-corrected chi connectivity index (χ4v) is 3.78. The monoisotopic (exact) mass is 394 g/mol. The first-order valence-corrected chi connectivity index (χ1v) is 9.95. The third kappa shape index (κ3) is 4.30. The summed E-state index contributed by atoms with van der Waals surface area (Å²) in [4.78, 5) is 11.5. The Morgan fingerprint density at radius 1 is 1.14 bits per heavy atom. The Kier molecular flexibility index (Phi) is 5.33. The second kappa shape index (κ2) is 7.91. The van der Waals surface area contributed by atoms with E-state index in [1.807, 2.05) is 38.1 Å². The number of rotatable bonds is 6. The smallest absolute Gasteiger partial charge is 0.336 e. The molecule has 1 aliphatic heterocycles. The minimum Gasteiger partial charge on any atom is -0.497 e. The van der Waals surface area contributed by atoms with E-state index >= 15 is 0 Å². The Morgan fingerprint density at radius 2 is 2.00 bits per heavy atom. The molecule has 1 aliphatic rings. The summed E-state index contributed by atoms with van der Waals surface area (Å²) in [5.41, 5.74) is 2.04. The highest BCUT2D eigenvalue weighted by Gasteiger charge is 2.38. The zero-order chi connectivity index (χ0) is 20.4. The van der Waals surface area contributed by atoms with Crippen LogP contribution in [0.1, 0.15) is 31.4 Å². The molecule has 29 heavy (non-hydrogen) atoms. The maximum atomic E-state index is 11.5. The lowest BCUT2D eigenvalue weighted by Crippen LogP contribution is -2.48. The molecule has 0 N–H and O–H groups in total. The predicted molar refractivity (Wildman–Crippen MR) is 112 cm³/mol. The fraction of sp³-hybridized carbons (Fsp3) is 0.375. The van der Waals surface area contributed by atoms with Crippen molar-refractivity contribution in [3.8, 4) is 11.5 Å². The van der Waals surface area contributed by atoms with Crippen molar-refractivity contribution in [1.82, 2.24) is 0 Å². The summed E-state index contributed by atoms with van der Waals surface area (Å²) in [6, 6.07) is 15.2. The highest BCUT2D eigenvalue weighted by atomic mass is 16.6. The average Bonchev–Trinajstić information content (AvgIpc) is 2.70. The Balaban J connectivity index is 1.42. The van der Waals surface area contributed by atoms with Crippen LogP contribution in [0.3, 0.4) is 0 Å². The summed E-state index contributed by atoms with van der Waals surface area (Å²) in [6.45, 7) is 4.73. The summed E-state index contributed by atoms with van der Waals surface area (Å²) >= 11 is 0. The van der Waals surface area contributed by atoms with Crippen LogP contribution in [0.2, 0.25) is 0 Å². The standard InChI is InChI=1S/C24H26O5/c1-24(2)22(27-11-5-7-16-6-4-8-19(12-16)26-3)14-18-13-17-9-10-23(25)28-20(17)15-21(18)29-24/h4,6,8-10,12-13,15,22H,5,7,11,14H2,1-3H3/t22-/m1/s1. The van der Waals surface area contributed by atoms with E-state index in [9.17, 15) is 4.79 Å². The van der Waals surface area contributed by atoms with Crippen LogP contribution in [-0.2, 0) is 17.6 Å². The molecule has 4 rings (SSSR count). The second-order valence-electron chi connectivity index (χ2n) is 7.98. The van der Waals surface area contributed by atoms with E-state index < -0.39 is 5.60 Å². The third-order valence-corrected chi connectivity index (χ3v) is 5.42. The van der Waals surface area contributed by atoms with Gasteiger partial charge in [0, 0.05) is 30.5 Å². The molecule has 2 heterocycles. The lowest BCUT2D eigenvalue weighted by molar-refractivity contribution is -0.0839. The van der Waals surface area contributed by atoms with Crippen LogP contribution in [0.4, 0.5) is 0 Å². The maximum Gasteiger partial charge on any atom is 0.336 e. The molecule has 0 spiro atoms. The third-order valence-electron chi connectivity index (χ3n) is 5.42. The summed E-state index contributed by atoms with van der Waals surface area (Å²) in [5, 5.41) is 0.892. The topological polar surface area (TPSA) is 57.9 Å². The Bertz CT molecular complexity index is 1070. The molecule has 5 nitrogen and oxygen atoms in total. The number of aryl methyl sites for hydroxylation is 1. The molecular weight excluding hydrogens is 368 g/mol. The van der Waals surface area contributed by atoms with Gasteiger partial charge < -0.3 is 18.6 Å². The van der Waals surface area contributed by atoms with Crippen molar-refractivity contribution in [1.29, 1.82) is 0 Å². The highest BCUT2D eigenvalue weighted by molar-refractivity contribution is 5.79. The van der Waals surface area contributed by atoms with Gasteiger partial charge in [0.25, 0.3) is 0 Å². The van der Waals surface area contributed by atoms with E-state index in [1.165, 1.54) is 11.6 Å². The molecule has 152 valence electrons. The van der Waals surface area contributed by atoms with Crippen molar-refractivity contribution >= 4 is 11.0 Å². The van der Waals surface area contributed by atoms with Crippen molar-refractivity contribution in [3.05, 3.63) is 70.1 Å². The number of fused-ring (bicyclic) bond motifs is 2. The van der Waals surface area contributed by atoms with Crippen molar-refractivity contribution < 1.29 is 18.6 Å². The van der Waals surface area contributed by atoms with E-state index in [-0.39, 0.29) is 11.7 Å². The molecular formula is C24H26O5. The fourth-order valence-electron chi connectivity index (χ4n) is 3.78. The number of benzene rings is 2. The number of hydrogen-bond acceptors (Lipinski definition) is 5. The molecule has 2 aromatic carbocycles. The first kappa shape index (κ1) is 19.5. The summed E-state index contributed by atoms with van der Waals surface area (Å²) in [6.07, 6.45) is 2.57. The molecule has 0 aliphatic carbocycles. The molecule has 1 aromatic heterocycles. The van der Waals surface area contributed by atoms with Gasteiger partial charge in [-0.3, -0.25) is 0 Å². The quantitative estimate of drug-likeness (QED) is 0.454. The van der Waals surface area contributed by atoms with Crippen LogP contribution >= 0.6 is 0 Å². The maximum absolute atomic E-state index is 11.5. The lowest BCUT2D eigenvalue weighted by atomic mass is 9.90. The van der Waals surface area contributed by atoms with Gasteiger partial charge in [0.2, 0.25) is 0 Å². The van der Waals surface area contributed by atoms with E-state index in [4.69, 9.17) is 18.6 Å². The van der Waals surface area contributed by atoms with Gasteiger partial charge in [-0.2, -0.15) is 0 Å². The van der Waals surface area contributed by atoms with Gasteiger partial charge in [-0.25, -0.2) is 4.79 Å². The van der Waals surface area contributed by atoms with Crippen LogP contribution in [-0.4, -0.2) is 25.4 Å². The van der Waals surface area contributed by atoms with E-state index in [0.717, 1.165) is 41.7 Å². The van der Waals surface area contributed by atoms with Gasteiger partial charge in [-0.15, -0.1) is 0 Å². The minimum atomic E-state index is -0.467. The molecule has 0 amide bonds. The molecule has 1 atom stereocenters. The van der Waals surface area contributed by atoms with Crippen LogP contribution in [0, 0.1) is 0 Å². The van der Waals surface area contributed by atoms with Gasteiger partial charge in [-0.1, -0.05) is 12.1 Å². The molecule has 0 fully saturated rings. The number of hydrogen-bond donors (Lipinski definition) is 0. The van der Waals surface area contributed by atoms with Gasteiger partial charge in [0.05, 0.1) is 7.11 Å². The Labute approximate surface area is 170 Å². The molecule has 0 unspecified atom stereocenters. The number of methoxy groups -OCH3 is 1. The molecule has 3 aromatic rings. The highest BCUT2D eigenvalue weighted by Crippen LogP contribution is 2.37. The number of ether oxygens (including phenoxy) is 3. The minimum absolute atomic E-state index is 0.0477. The van der Waals surface area contributed by atoms with Gasteiger partial charge in [0.1, 0.15) is 28.8 Å². The average molecular weight is 394 g/mol. The molecule has 0 radical (unpaired) electrons. The van der Waals surface area contributed by atoms with Crippen LogP contribution < -0.4 is 15.1 Å². The summed E-state index contributed by atoms with van der Waals surface area (Å²) in [7, 11) is 1.68. The first-order valence-electron chi connectivity index (χ1n) is 9.95. The first-order chi connectivity index (χ1) is 13.9. The van der Waals surface area contributed by atoms with Crippen LogP contribution in [0.5, 0.6) is 11.5 Å². The molecule has 0 saturated carbocycles. The van der Waals surface area contributed by atoms with Crippen molar-refractivity contribution in [2.45, 2.75) is 44.8 Å². The second-order valence-corrected chi connectivity index (χ2v) is 7.98. The van der Waals surface area contributed by atoms with E-state index in [0.29, 0.717) is 12.2 Å². The zero-order valence-electron chi connectivity index (χ0n) is 17.1. The van der Waals surface area contributed by atoms with Crippen molar-refractivity contribution in [2.24, 2.45) is 0 Å². The zero-order valence-corrected chi connectivity index (χ0v) is 17.1. The molecule has 0 saturated heterocycles. The van der Waals surface area contributed by atoms with Gasteiger partial charge in [0.15, 0.2) is 0 Å². The lowest BCUT2D eigenvalue weighted by Gasteiger charge is -2.39. The van der Waals surface area contributed by atoms with Crippen LogP contribution in [0.25, 0.3) is 11.0 Å². The summed E-state index contributed by atoms with van der Waals surface area (Å²) in [5.74, 6) is 1.64. The van der Waals surface area contributed by atoms with E-state index in [2.05, 4.69) is 12.1 Å². The van der Waals surface area contributed by atoms with Crippen molar-refractivity contribution in [3.63, 3.8) is 0 Å². The van der Waals surface area contributed by atoms with Gasteiger partial charge >= 0.3 is 5.63 Å². The van der Waals surface area contributed by atoms with E-state index in [1.54, 1.807) is 13.2 Å². The van der Waals surface area contributed by atoms with Crippen molar-refractivity contribution in [2.75, 3.05) is 13.7 Å². The Hall–Kier alpha value is -2.79. The molecule has 0 bridgehead atoms. The SMILES string of the molecule is COc1cccc(CCCO[C@@H]2Cc3cc4ccc(=O)oc4cc3OC2(C)C)c1.